The Balaban J connectivity index is 1.55. The van der Waals surface area contributed by atoms with Gasteiger partial charge in [0.15, 0.2) is 6.61 Å². The highest BCUT2D eigenvalue weighted by Crippen LogP contribution is 2.26. The Kier molecular flexibility index (Phi) is 7.51. The van der Waals surface area contributed by atoms with Crippen molar-refractivity contribution in [2.24, 2.45) is 0 Å². The van der Waals surface area contributed by atoms with E-state index in [0.29, 0.717) is 5.69 Å². The smallest absolute Gasteiger partial charge is 0.330 e. The van der Waals surface area contributed by atoms with Crippen molar-refractivity contribution in [2.75, 3.05) is 18.1 Å². The zero-order chi connectivity index (χ0) is 25.5. The molecule has 8 heteroatoms. The van der Waals surface area contributed by atoms with E-state index in [1.165, 1.54) is 17.0 Å². The lowest BCUT2D eigenvalue weighted by atomic mass is 10.0. The van der Waals surface area contributed by atoms with Crippen molar-refractivity contribution in [1.29, 1.82) is 5.26 Å². The number of fused-ring (bicyclic) bond motifs is 1. The van der Waals surface area contributed by atoms with Gasteiger partial charge in [-0.05, 0) is 29.8 Å². The van der Waals surface area contributed by atoms with Gasteiger partial charge in [0.05, 0.1) is 23.6 Å². The van der Waals surface area contributed by atoms with Crippen LogP contribution in [0, 0.1) is 11.3 Å². The van der Waals surface area contributed by atoms with Crippen LogP contribution in [0.25, 0.3) is 0 Å². The van der Waals surface area contributed by atoms with Gasteiger partial charge in [-0.3, -0.25) is 19.3 Å². The number of carbonyl (C=O) groups excluding carboxylic acids is 4. The summed E-state index contributed by atoms with van der Waals surface area (Å²) in [7, 11) is 0. The molecule has 0 aliphatic carbocycles. The van der Waals surface area contributed by atoms with Crippen LogP contribution in [0.1, 0.15) is 32.7 Å². The molecule has 1 aliphatic rings. The highest BCUT2D eigenvalue weighted by molar-refractivity contribution is 6.22. The molecule has 8 nitrogen and oxygen atoms in total. The number of nitriles is 1. The first-order valence-corrected chi connectivity index (χ1v) is 11.4. The zero-order valence-electron chi connectivity index (χ0n) is 19.4. The SMILES string of the molecule is N#CCCN(C(=O)COC(=O)C(Cc1ccccc1)N1C(=O)c2ccccc2C1=O)c1ccccc1. The van der Waals surface area contributed by atoms with E-state index in [9.17, 15) is 19.2 Å². The van der Waals surface area contributed by atoms with Crippen molar-refractivity contribution < 1.29 is 23.9 Å². The molecular weight excluding hydrogens is 458 g/mol. The van der Waals surface area contributed by atoms with Crippen LogP contribution in [0.15, 0.2) is 84.9 Å². The van der Waals surface area contributed by atoms with Crippen LogP contribution in [0.4, 0.5) is 5.69 Å². The summed E-state index contributed by atoms with van der Waals surface area (Å²) >= 11 is 0. The van der Waals surface area contributed by atoms with Gasteiger partial charge in [-0.25, -0.2) is 4.79 Å². The molecule has 1 aliphatic heterocycles. The Morgan fingerprint density at radius 1 is 0.861 bits per heavy atom. The standard InChI is InChI=1S/C28H23N3O5/c29-16-9-17-30(21-12-5-2-6-13-21)25(32)19-36-28(35)24(18-20-10-3-1-4-11-20)31-26(33)22-14-7-8-15-23(22)27(31)34/h1-8,10-15,24H,9,17-19H2. The van der Waals surface area contributed by atoms with Crippen LogP contribution in [-0.4, -0.2) is 47.8 Å². The van der Waals surface area contributed by atoms with E-state index in [-0.39, 0.29) is 30.5 Å². The third-order valence-electron chi connectivity index (χ3n) is 5.84. The van der Waals surface area contributed by atoms with Gasteiger partial charge < -0.3 is 9.64 Å². The molecule has 0 bridgehead atoms. The third kappa shape index (κ3) is 5.15. The second-order valence-electron chi connectivity index (χ2n) is 8.13. The second-order valence-corrected chi connectivity index (χ2v) is 8.13. The largest absolute Gasteiger partial charge is 0.454 e. The van der Waals surface area contributed by atoms with Gasteiger partial charge >= 0.3 is 5.97 Å². The normalized spacial score (nSPS) is 13.0. The number of esters is 1. The van der Waals surface area contributed by atoms with E-state index in [4.69, 9.17) is 10.00 Å². The maximum Gasteiger partial charge on any atom is 0.330 e. The van der Waals surface area contributed by atoms with E-state index in [2.05, 4.69) is 0 Å². The van der Waals surface area contributed by atoms with Crippen LogP contribution in [-0.2, 0) is 20.7 Å². The number of nitrogens with zero attached hydrogens (tertiary/aromatic N) is 3. The minimum absolute atomic E-state index is 0.0379. The molecular formula is C28H23N3O5. The summed E-state index contributed by atoms with van der Waals surface area (Å²) in [6.45, 7) is -0.476. The van der Waals surface area contributed by atoms with Crippen molar-refractivity contribution in [3.8, 4) is 6.07 Å². The highest BCUT2D eigenvalue weighted by Gasteiger charge is 2.43. The molecule has 1 unspecified atom stereocenters. The summed E-state index contributed by atoms with van der Waals surface area (Å²) < 4.78 is 5.37. The van der Waals surface area contributed by atoms with Crippen molar-refractivity contribution >= 4 is 29.4 Å². The lowest BCUT2D eigenvalue weighted by molar-refractivity contribution is -0.151. The molecule has 0 N–H and O–H groups in total. The van der Waals surface area contributed by atoms with Crippen molar-refractivity contribution in [3.05, 3.63) is 102 Å². The van der Waals surface area contributed by atoms with E-state index in [0.717, 1.165) is 10.5 Å². The Bertz CT molecular complexity index is 1280. The molecule has 1 atom stereocenters. The number of hydrogen-bond donors (Lipinski definition) is 0. The summed E-state index contributed by atoms with van der Waals surface area (Å²) in [5.74, 6) is -2.56. The number of carbonyl (C=O) groups is 4. The Labute approximate surface area is 208 Å². The van der Waals surface area contributed by atoms with Gasteiger partial charge in [0.25, 0.3) is 17.7 Å². The monoisotopic (exact) mass is 481 g/mol. The van der Waals surface area contributed by atoms with Crippen LogP contribution in [0.2, 0.25) is 0 Å². The first-order valence-electron chi connectivity index (χ1n) is 11.4. The average molecular weight is 482 g/mol. The first kappa shape index (κ1) is 24.4. The predicted octanol–water partition coefficient (Wildman–Crippen LogP) is 3.38. The fourth-order valence-corrected chi connectivity index (χ4v) is 4.08. The maximum atomic E-state index is 13.3. The van der Waals surface area contributed by atoms with Crippen LogP contribution < -0.4 is 4.90 Å². The van der Waals surface area contributed by atoms with E-state index < -0.39 is 36.3 Å². The van der Waals surface area contributed by atoms with Crippen LogP contribution in [0.5, 0.6) is 0 Å². The van der Waals surface area contributed by atoms with E-state index in [1.807, 2.05) is 12.1 Å². The summed E-state index contributed by atoms with van der Waals surface area (Å²) in [5.41, 5.74) is 1.73. The summed E-state index contributed by atoms with van der Waals surface area (Å²) in [5, 5.41) is 8.98. The molecule has 0 radical (unpaired) electrons. The maximum absolute atomic E-state index is 13.3. The fourth-order valence-electron chi connectivity index (χ4n) is 4.08. The average Bonchev–Trinajstić information content (AvgIpc) is 3.17. The number of hydrogen-bond acceptors (Lipinski definition) is 6. The minimum atomic E-state index is -1.25. The van der Waals surface area contributed by atoms with Gasteiger partial charge in [0, 0.05) is 18.7 Å². The summed E-state index contributed by atoms with van der Waals surface area (Å²) in [4.78, 5) is 54.7. The summed E-state index contributed by atoms with van der Waals surface area (Å²) in [6, 6.07) is 24.8. The van der Waals surface area contributed by atoms with Crippen molar-refractivity contribution in [2.45, 2.75) is 18.9 Å². The quantitative estimate of drug-likeness (QED) is 0.343. The number of amides is 3. The molecule has 1 heterocycles. The molecule has 4 rings (SSSR count). The number of imide groups is 1. The lowest BCUT2D eigenvalue weighted by Gasteiger charge is -2.26. The molecule has 0 saturated heterocycles. The van der Waals surface area contributed by atoms with Gasteiger partial charge in [-0.2, -0.15) is 5.26 Å². The first-order chi connectivity index (χ1) is 17.5. The highest BCUT2D eigenvalue weighted by atomic mass is 16.5. The topological polar surface area (TPSA) is 108 Å². The lowest BCUT2D eigenvalue weighted by Crippen LogP contribution is -2.48. The molecule has 0 spiro atoms. The molecule has 0 fully saturated rings. The molecule has 3 amide bonds. The number of para-hydroxylation sites is 1. The minimum Gasteiger partial charge on any atom is -0.454 e. The van der Waals surface area contributed by atoms with Crippen molar-refractivity contribution in [3.63, 3.8) is 0 Å². The molecule has 180 valence electrons. The van der Waals surface area contributed by atoms with Crippen molar-refractivity contribution in [1.82, 2.24) is 4.90 Å². The molecule has 0 aromatic heterocycles. The molecule has 3 aromatic rings. The predicted molar refractivity (Wildman–Crippen MR) is 131 cm³/mol. The van der Waals surface area contributed by atoms with E-state index >= 15 is 0 Å². The van der Waals surface area contributed by atoms with Crippen LogP contribution in [0.3, 0.4) is 0 Å². The molecule has 3 aromatic carbocycles. The third-order valence-corrected chi connectivity index (χ3v) is 5.84. The number of ether oxygens (including phenoxy) is 1. The number of benzene rings is 3. The molecule has 36 heavy (non-hydrogen) atoms. The number of anilines is 1. The fraction of sp³-hybridized carbons (Fsp3) is 0.179. The van der Waals surface area contributed by atoms with Gasteiger partial charge in [-0.1, -0.05) is 60.7 Å². The van der Waals surface area contributed by atoms with E-state index in [1.54, 1.807) is 66.7 Å². The van der Waals surface area contributed by atoms with Gasteiger partial charge in [-0.15, -0.1) is 0 Å². The van der Waals surface area contributed by atoms with Gasteiger partial charge in [0.1, 0.15) is 6.04 Å². The number of rotatable bonds is 9. The second kappa shape index (κ2) is 11.1. The van der Waals surface area contributed by atoms with Gasteiger partial charge in [0.2, 0.25) is 0 Å². The summed E-state index contributed by atoms with van der Waals surface area (Å²) in [6.07, 6.45) is 0.135. The molecule has 0 saturated carbocycles. The Hall–Kier alpha value is -4.77. The Morgan fingerprint density at radius 3 is 2.00 bits per heavy atom. The Morgan fingerprint density at radius 2 is 1.42 bits per heavy atom. The zero-order valence-corrected chi connectivity index (χ0v) is 19.4. The van der Waals surface area contributed by atoms with Crippen LogP contribution >= 0.6 is 0 Å².